The van der Waals surface area contributed by atoms with Crippen LogP contribution in [-0.4, -0.2) is 31.3 Å². The lowest BCUT2D eigenvalue weighted by atomic mass is 9.90. The van der Waals surface area contributed by atoms with Crippen LogP contribution in [-0.2, 0) is 11.2 Å². The van der Waals surface area contributed by atoms with Crippen LogP contribution in [0.15, 0.2) is 12.1 Å². The average Bonchev–Trinajstić information content (AvgIpc) is 2.36. The Morgan fingerprint density at radius 2 is 1.94 bits per heavy atom. The first-order valence-electron chi connectivity index (χ1n) is 5.80. The Morgan fingerprint density at radius 3 is 2.50 bits per heavy atom. The molecule has 98 valence electrons. The van der Waals surface area contributed by atoms with Crippen LogP contribution in [0, 0.1) is 0 Å². The molecule has 1 aromatic rings. The molecule has 0 radical (unpaired) electrons. The summed E-state index contributed by atoms with van der Waals surface area (Å²) in [6.45, 7) is 1.94. The summed E-state index contributed by atoms with van der Waals surface area (Å²) in [6.07, 6.45) is 0.454. The molecule has 5 nitrogen and oxygen atoms in total. The predicted molar refractivity (Wildman–Crippen MR) is 66.2 cm³/mol. The largest absolute Gasteiger partial charge is 0.493 e. The minimum atomic E-state index is -0.831. The number of benzene rings is 1. The molecular weight excluding hydrogens is 234 g/mol. The number of carboxylic acid groups (broad SMARTS) is 1. The normalized spacial score (nSPS) is 22.2. The highest BCUT2D eigenvalue weighted by Gasteiger charge is 2.29. The second-order valence-electron chi connectivity index (χ2n) is 4.39. The molecule has 0 bridgehead atoms. The third kappa shape index (κ3) is 2.13. The van der Waals surface area contributed by atoms with Gasteiger partial charge in [-0.05, 0) is 36.6 Å². The maximum absolute atomic E-state index is 11.1. The molecule has 1 heterocycles. The molecule has 1 aromatic carbocycles. The second kappa shape index (κ2) is 4.86. The molecule has 0 saturated carbocycles. The summed E-state index contributed by atoms with van der Waals surface area (Å²) in [5.41, 5.74) is 2.05. The Hall–Kier alpha value is -1.75. The Kier molecular flexibility index (Phi) is 3.43. The van der Waals surface area contributed by atoms with E-state index in [-0.39, 0.29) is 6.04 Å². The van der Waals surface area contributed by atoms with Crippen molar-refractivity contribution in [2.75, 3.05) is 14.2 Å². The van der Waals surface area contributed by atoms with Crippen LogP contribution in [0.4, 0.5) is 0 Å². The third-order valence-corrected chi connectivity index (χ3v) is 3.29. The SMILES string of the molecule is COc1cc2c(cc1OC)[C@H](C)N[C@H](C(=O)O)C2. The van der Waals surface area contributed by atoms with Gasteiger partial charge in [-0.3, -0.25) is 10.1 Å². The molecule has 5 heteroatoms. The van der Waals surface area contributed by atoms with Crippen molar-refractivity contribution in [1.82, 2.24) is 5.32 Å². The van der Waals surface area contributed by atoms with Gasteiger partial charge < -0.3 is 14.6 Å². The van der Waals surface area contributed by atoms with E-state index in [1.54, 1.807) is 14.2 Å². The van der Waals surface area contributed by atoms with E-state index in [4.69, 9.17) is 14.6 Å². The number of rotatable bonds is 3. The van der Waals surface area contributed by atoms with E-state index in [0.717, 1.165) is 11.1 Å². The highest BCUT2D eigenvalue weighted by molar-refractivity contribution is 5.74. The molecule has 2 N–H and O–H groups in total. The molecule has 1 aliphatic rings. The quantitative estimate of drug-likeness (QED) is 0.849. The number of nitrogens with one attached hydrogen (secondary N) is 1. The summed E-state index contributed by atoms with van der Waals surface area (Å²) < 4.78 is 10.5. The molecule has 0 fully saturated rings. The van der Waals surface area contributed by atoms with Crippen LogP contribution in [0.2, 0.25) is 0 Å². The van der Waals surface area contributed by atoms with Gasteiger partial charge >= 0.3 is 5.97 Å². The first-order valence-corrected chi connectivity index (χ1v) is 5.80. The summed E-state index contributed by atoms with van der Waals surface area (Å²) >= 11 is 0. The summed E-state index contributed by atoms with van der Waals surface area (Å²) in [5, 5.41) is 12.2. The maximum Gasteiger partial charge on any atom is 0.321 e. The molecule has 0 aliphatic carbocycles. The van der Waals surface area contributed by atoms with E-state index < -0.39 is 12.0 Å². The van der Waals surface area contributed by atoms with E-state index in [9.17, 15) is 4.79 Å². The lowest BCUT2D eigenvalue weighted by Gasteiger charge is -2.29. The monoisotopic (exact) mass is 251 g/mol. The lowest BCUT2D eigenvalue weighted by Crippen LogP contribution is -2.43. The van der Waals surface area contributed by atoms with E-state index in [2.05, 4.69) is 5.32 Å². The zero-order chi connectivity index (χ0) is 13.3. The number of carboxylic acids is 1. The van der Waals surface area contributed by atoms with Gasteiger partial charge in [-0.2, -0.15) is 0 Å². The molecule has 0 spiro atoms. The fourth-order valence-electron chi connectivity index (χ4n) is 2.35. The van der Waals surface area contributed by atoms with E-state index in [1.165, 1.54) is 0 Å². The maximum atomic E-state index is 11.1. The summed E-state index contributed by atoms with van der Waals surface area (Å²) in [7, 11) is 3.16. The molecule has 0 unspecified atom stereocenters. The highest BCUT2D eigenvalue weighted by atomic mass is 16.5. The number of fused-ring (bicyclic) bond motifs is 1. The molecule has 2 rings (SSSR count). The third-order valence-electron chi connectivity index (χ3n) is 3.29. The van der Waals surface area contributed by atoms with Crippen molar-refractivity contribution in [3.05, 3.63) is 23.3 Å². The number of methoxy groups -OCH3 is 2. The van der Waals surface area contributed by atoms with Crippen LogP contribution in [0.1, 0.15) is 24.1 Å². The minimum absolute atomic E-state index is 0.0188. The van der Waals surface area contributed by atoms with Crippen LogP contribution >= 0.6 is 0 Å². The van der Waals surface area contributed by atoms with Crippen molar-refractivity contribution in [2.45, 2.75) is 25.4 Å². The zero-order valence-electron chi connectivity index (χ0n) is 10.7. The van der Waals surface area contributed by atoms with Gasteiger partial charge in [-0.25, -0.2) is 0 Å². The molecule has 0 aromatic heterocycles. The van der Waals surface area contributed by atoms with Gasteiger partial charge in [0.25, 0.3) is 0 Å². The highest BCUT2D eigenvalue weighted by Crippen LogP contribution is 2.35. The van der Waals surface area contributed by atoms with Gasteiger partial charge in [0.2, 0.25) is 0 Å². The van der Waals surface area contributed by atoms with Crippen molar-refractivity contribution >= 4 is 5.97 Å². The van der Waals surface area contributed by atoms with Gasteiger partial charge in [0, 0.05) is 6.04 Å². The topological polar surface area (TPSA) is 67.8 Å². The Labute approximate surface area is 106 Å². The fraction of sp³-hybridized carbons (Fsp3) is 0.462. The Balaban J connectivity index is 2.43. The number of hydrogen-bond acceptors (Lipinski definition) is 4. The van der Waals surface area contributed by atoms with Crippen molar-refractivity contribution in [3.8, 4) is 11.5 Å². The van der Waals surface area contributed by atoms with Gasteiger partial charge in [0.1, 0.15) is 6.04 Å². The number of carbonyl (C=O) groups is 1. The Morgan fingerprint density at radius 1 is 1.33 bits per heavy atom. The average molecular weight is 251 g/mol. The predicted octanol–water partition coefficient (Wildman–Crippen LogP) is 1.36. The second-order valence-corrected chi connectivity index (χ2v) is 4.39. The van der Waals surface area contributed by atoms with Crippen LogP contribution in [0.3, 0.4) is 0 Å². The van der Waals surface area contributed by atoms with Gasteiger partial charge in [0.15, 0.2) is 11.5 Å². The van der Waals surface area contributed by atoms with Crippen molar-refractivity contribution in [2.24, 2.45) is 0 Å². The molecule has 18 heavy (non-hydrogen) atoms. The van der Waals surface area contributed by atoms with E-state index in [0.29, 0.717) is 17.9 Å². The molecule has 0 saturated heterocycles. The number of hydrogen-bond donors (Lipinski definition) is 2. The van der Waals surface area contributed by atoms with Gasteiger partial charge in [-0.1, -0.05) is 0 Å². The van der Waals surface area contributed by atoms with Crippen molar-refractivity contribution in [1.29, 1.82) is 0 Å². The molecule has 1 aliphatic heterocycles. The summed E-state index contributed by atoms with van der Waals surface area (Å²) in [6, 6.07) is 3.20. The number of ether oxygens (including phenoxy) is 2. The standard InChI is InChI=1S/C13H17NO4/c1-7-9-6-12(18-3)11(17-2)5-8(9)4-10(14-7)13(15)16/h5-7,10,14H,4H2,1-3H3,(H,15,16)/t7-,10-/m0/s1. The molecular formula is C13H17NO4. The van der Waals surface area contributed by atoms with Gasteiger partial charge in [0.05, 0.1) is 14.2 Å². The van der Waals surface area contributed by atoms with Crippen LogP contribution < -0.4 is 14.8 Å². The first kappa shape index (κ1) is 12.7. The smallest absolute Gasteiger partial charge is 0.321 e. The van der Waals surface area contributed by atoms with Gasteiger partial charge in [-0.15, -0.1) is 0 Å². The molecule has 2 atom stereocenters. The van der Waals surface area contributed by atoms with E-state index in [1.807, 2.05) is 19.1 Å². The summed E-state index contributed by atoms with van der Waals surface area (Å²) in [5.74, 6) is 0.468. The van der Waals surface area contributed by atoms with Crippen LogP contribution in [0.25, 0.3) is 0 Å². The Bertz CT molecular complexity index is 472. The van der Waals surface area contributed by atoms with Crippen LogP contribution in [0.5, 0.6) is 11.5 Å². The lowest BCUT2D eigenvalue weighted by molar-refractivity contribution is -0.139. The van der Waals surface area contributed by atoms with Crippen molar-refractivity contribution < 1.29 is 19.4 Å². The first-order chi connectivity index (χ1) is 8.56. The minimum Gasteiger partial charge on any atom is -0.493 e. The van der Waals surface area contributed by atoms with E-state index >= 15 is 0 Å². The summed E-state index contributed by atoms with van der Waals surface area (Å²) in [4.78, 5) is 11.1. The fourth-order valence-corrected chi connectivity index (χ4v) is 2.35. The number of aliphatic carboxylic acids is 1. The zero-order valence-corrected chi connectivity index (χ0v) is 10.7. The molecule has 0 amide bonds. The van der Waals surface area contributed by atoms with Crippen molar-refractivity contribution in [3.63, 3.8) is 0 Å².